The quantitative estimate of drug-likeness (QED) is 0.748. The maximum atomic E-state index is 10.5. The number of benzene rings is 2. The summed E-state index contributed by atoms with van der Waals surface area (Å²) in [6.45, 7) is 5.81. The van der Waals surface area contributed by atoms with Crippen molar-refractivity contribution < 1.29 is 19.7 Å². The molecule has 0 unspecified atom stereocenters. The van der Waals surface area contributed by atoms with Crippen LogP contribution in [0, 0.1) is 0 Å². The van der Waals surface area contributed by atoms with Crippen LogP contribution in [-0.4, -0.2) is 24.4 Å². The first-order valence-corrected chi connectivity index (χ1v) is 7.86. The van der Waals surface area contributed by atoms with Crippen LogP contribution in [0.25, 0.3) is 0 Å². The Balaban J connectivity index is 2.33. The Morgan fingerprint density at radius 1 is 1.04 bits per heavy atom. The highest BCUT2D eigenvalue weighted by molar-refractivity contribution is 5.51. The Labute approximate surface area is 143 Å². The Morgan fingerprint density at radius 2 is 1.71 bits per heavy atom. The third kappa shape index (κ3) is 3.82. The van der Waals surface area contributed by atoms with Crippen LogP contribution in [0.4, 0.5) is 0 Å². The minimum absolute atomic E-state index is 0.0675. The maximum absolute atomic E-state index is 10.5. The van der Waals surface area contributed by atoms with Crippen molar-refractivity contribution in [2.45, 2.75) is 25.7 Å². The molecule has 0 bridgehead atoms. The van der Waals surface area contributed by atoms with E-state index in [-0.39, 0.29) is 17.4 Å². The molecule has 0 amide bonds. The van der Waals surface area contributed by atoms with Crippen LogP contribution >= 0.6 is 0 Å². The Morgan fingerprint density at radius 3 is 2.33 bits per heavy atom. The van der Waals surface area contributed by atoms with Crippen LogP contribution in [0.5, 0.6) is 23.0 Å². The lowest BCUT2D eigenvalue weighted by atomic mass is 9.91. The SMILES string of the molecule is C=CCc1cc(OC)c(O)c([C@@H](C)Cc2ccc(O)c(OC)c2)c1. The molecule has 0 saturated carbocycles. The monoisotopic (exact) mass is 328 g/mol. The number of phenols is 2. The Bertz CT molecular complexity index is 722. The maximum Gasteiger partial charge on any atom is 0.161 e. The van der Waals surface area contributed by atoms with Crippen molar-refractivity contribution in [3.63, 3.8) is 0 Å². The first-order chi connectivity index (χ1) is 11.5. The summed E-state index contributed by atoms with van der Waals surface area (Å²) in [5.74, 6) is 1.27. The van der Waals surface area contributed by atoms with Crippen molar-refractivity contribution in [1.82, 2.24) is 0 Å². The molecule has 2 rings (SSSR count). The second-order valence-electron chi connectivity index (χ2n) is 5.84. The molecule has 128 valence electrons. The molecule has 0 radical (unpaired) electrons. The molecule has 4 heteroatoms. The molecule has 0 aliphatic heterocycles. The first-order valence-electron chi connectivity index (χ1n) is 7.86. The fourth-order valence-electron chi connectivity index (χ4n) is 2.82. The zero-order valence-electron chi connectivity index (χ0n) is 14.4. The summed E-state index contributed by atoms with van der Waals surface area (Å²) >= 11 is 0. The van der Waals surface area contributed by atoms with E-state index in [0.717, 1.165) is 16.7 Å². The highest BCUT2D eigenvalue weighted by atomic mass is 16.5. The van der Waals surface area contributed by atoms with Crippen molar-refractivity contribution in [3.05, 3.63) is 59.7 Å². The van der Waals surface area contributed by atoms with Crippen LogP contribution in [0.1, 0.15) is 29.5 Å². The van der Waals surface area contributed by atoms with Crippen molar-refractivity contribution >= 4 is 0 Å². The van der Waals surface area contributed by atoms with E-state index in [4.69, 9.17) is 9.47 Å². The van der Waals surface area contributed by atoms with Gasteiger partial charge in [0.2, 0.25) is 0 Å². The predicted octanol–water partition coefficient (Wildman–Crippen LogP) is 4.19. The zero-order chi connectivity index (χ0) is 17.7. The first kappa shape index (κ1) is 17.7. The van der Waals surface area contributed by atoms with Gasteiger partial charge in [-0.3, -0.25) is 0 Å². The standard InChI is InChI=1S/C20H24O4/c1-5-6-14-10-16(20(22)19(12-14)24-4)13(2)9-15-7-8-17(21)18(11-15)23-3/h5,7-8,10-13,21-22H,1,6,9H2,2-4H3/t13-/m0/s1. The molecule has 0 saturated heterocycles. The van der Waals surface area contributed by atoms with Gasteiger partial charge in [0, 0.05) is 5.56 Å². The summed E-state index contributed by atoms with van der Waals surface area (Å²) in [6.07, 6.45) is 3.24. The lowest BCUT2D eigenvalue weighted by molar-refractivity contribution is 0.368. The summed E-state index contributed by atoms with van der Waals surface area (Å²) in [5.41, 5.74) is 2.90. The van der Waals surface area contributed by atoms with Gasteiger partial charge in [0.05, 0.1) is 14.2 Å². The number of rotatable bonds is 7. The van der Waals surface area contributed by atoms with Crippen molar-refractivity contribution in [3.8, 4) is 23.0 Å². The summed E-state index contributed by atoms with van der Waals surface area (Å²) in [5, 5.41) is 20.2. The highest BCUT2D eigenvalue weighted by Crippen LogP contribution is 2.38. The van der Waals surface area contributed by atoms with E-state index in [1.807, 2.05) is 37.3 Å². The van der Waals surface area contributed by atoms with Gasteiger partial charge in [0.15, 0.2) is 23.0 Å². The van der Waals surface area contributed by atoms with Gasteiger partial charge in [-0.2, -0.15) is 0 Å². The average Bonchev–Trinajstić information content (AvgIpc) is 2.58. The number of hydrogen-bond donors (Lipinski definition) is 2. The second kappa shape index (κ2) is 7.77. The van der Waals surface area contributed by atoms with Gasteiger partial charge in [0.1, 0.15) is 0 Å². The molecule has 0 aliphatic carbocycles. The molecule has 2 aromatic rings. The van der Waals surface area contributed by atoms with E-state index in [1.165, 1.54) is 7.11 Å². The third-order valence-electron chi connectivity index (χ3n) is 4.08. The van der Waals surface area contributed by atoms with Crippen LogP contribution in [-0.2, 0) is 12.8 Å². The zero-order valence-corrected chi connectivity index (χ0v) is 14.4. The summed E-state index contributed by atoms with van der Waals surface area (Å²) in [7, 11) is 3.07. The van der Waals surface area contributed by atoms with Crippen LogP contribution in [0.2, 0.25) is 0 Å². The Kier molecular flexibility index (Phi) is 5.74. The lowest BCUT2D eigenvalue weighted by Crippen LogP contribution is -2.02. The fraction of sp³-hybridized carbons (Fsp3) is 0.300. The van der Waals surface area contributed by atoms with E-state index >= 15 is 0 Å². The van der Waals surface area contributed by atoms with Crippen molar-refractivity contribution in [1.29, 1.82) is 0 Å². The molecule has 0 aliphatic rings. The van der Waals surface area contributed by atoms with Gasteiger partial charge in [-0.25, -0.2) is 0 Å². The molecule has 0 fully saturated rings. The summed E-state index contributed by atoms with van der Waals surface area (Å²) < 4.78 is 10.4. The smallest absolute Gasteiger partial charge is 0.161 e. The molecule has 1 atom stereocenters. The molecule has 0 spiro atoms. The van der Waals surface area contributed by atoms with Crippen LogP contribution in [0.15, 0.2) is 43.0 Å². The number of allylic oxidation sites excluding steroid dienone is 1. The normalized spacial score (nSPS) is 11.8. The van der Waals surface area contributed by atoms with E-state index < -0.39 is 0 Å². The number of methoxy groups -OCH3 is 2. The third-order valence-corrected chi connectivity index (χ3v) is 4.08. The largest absolute Gasteiger partial charge is 0.504 e. The number of aromatic hydroxyl groups is 2. The van der Waals surface area contributed by atoms with Gasteiger partial charge >= 0.3 is 0 Å². The van der Waals surface area contributed by atoms with E-state index in [2.05, 4.69) is 6.58 Å². The van der Waals surface area contributed by atoms with Gasteiger partial charge < -0.3 is 19.7 Å². The lowest BCUT2D eigenvalue weighted by Gasteiger charge is -2.18. The van der Waals surface area contributed by atoms with Crippen LogP contribution < -0.4 is 9.47 Å². The molecule has 2 N–H and O–H groups in total. The van der Waals surface area contributed by atoms with Gasteiger partial charge in [-0.15, -0.1) is 6.58 Å². The minimum Gasteiger partial charge on any atom is -0.504 e. The van der Waals surface area contributed by atoms with Crippen molar-refractivity contribution in [2.24, 2.45) is 0 Å². The molecule has 24 heavy (non-hydrogen) atoms. The van der Waals surface area contributed by atoms with E-state index in [9.17, 15) is 10.2 Å². The number of hydrogen-bond acceptors (Lipinski definition) is 4. The number of phenolic OH excluding ortho intramolecular Hbond substituents is 2. The molecule has 2 aromatic carbocycles. The molecule has 0 heterocycles. The van der Waals surface area contributed by atoms with Gasteiger partial charge in [-0.1, -0.05) is 25.1 Å². The van der Waals surface area contributed by atoms with E-state index in [0.29, 0.717) is 24.3 Å². The average molecular weight is 328 g/mol. The number of ether oxygens (including phenoxy) is 2. The van der Waals surface area contributed by atoms with Crippen LogP contribution in [0.3, 0.4) is 0 Å². The molecular formula is C20H24O4. The van der Waals surface area contributed by atoms with Crippen molar-refractivity contribution in [2.75, 3.05) is 14.2 Å². The molecule has 0 aromatic heterocycles. The Hall–Kier alpha value is -2.62. The van der Waals surface area contributed by atoms with E-state index in [1.54, 1.807) is 13.2 Å². The minimum atomic E-state index is 0.0675. The molecular weight excluding hydrogens is 304 g/mol. The molecule has 4 nitrogen and oxygen atoms in total. The van der Waals surface area contributed by atoms with Gasteiger partial charge in [-0.05, 0) is 48.1 Å². The highest BCUT2D eigenvalue weighted by Gasteiger charge is 2.17. The topological polar surface area (TPSA) is 58.9 Å². The predicted molar refractivity (Wildman–Crippen MR) is 95.3 cm³/mol. The summed E-state index contributed by atoms with van der Waals surface area (Å²) in [6, 6.07) is 9.11. The second-order valence-corrected chi connectivity index (χ2v) is 5.84. The fourth-order valence-corrected chi connectivity index (χ4v) is 2.82. The van der Waals surface area contributed by atoms with Gasteiger partial charge in [0.25, 0.3) is 0 Å². The summed E-state index contributed by atoms with van der Waals surface area (Å²) in [4.78, 5) is 0.